The third-order valence-electron chi connectivity index (χ3n) is 3.90. The number of carboxylic acids is 1. The number of hydrogen-bond acceptors (Lipinski definition) is 4. The van der Waals surface area contributed by atoms with Crippen LogP contribution in [0.3, 0.4) is 0 Å². The van der Waals surface area contributed by atoms with Gasteiger partial charge in [-0.15, -0.1) is 0 Å². The fraction of sp³-hybridized carbons (Fsp3) is 0.818. The van der Waals surface area contributed by atoms with Gasteiger partial charge in [-0.1, -0.05) is 0 Å². The first-order chi connectivity index (χ1) is 8.09. The average molecular weight is 242 g/mol. The summed E-state index contributed by atoms with van der Waals surface area (Å²) >= 11 is 0. The lowest BCUT2D eigenvalue weighted by Crippen LogP contribution is -2.45. The summed E-state index contributed by atoms with van der Waals surface area (Å²) in [6.07, 6.45) is 2.79. The summed E-state index contributed by atoms with van der Waals surface area (Å²) in [4.78, 5) is 22.5. The molecule has 1 saturated heterocycles. The minimum atomic E-state index is -1.19. The Hall–Kier alpha value is -1.14. The predicted molar refractivity (Wildman–Crippen MR) is 59.3 cm³/mol. The van der Waals surface area contributed by atoms with Crippen molar-refractivity contribution in [3.8, 4) is 0 Å². The van der Waals surface area contributed by atoms with Gasteiger partial charge in [0.2, 0.25) is 5.91 Å². The lowest BCUT2D eigenvalue weighted by Gasteiger charge is -2.23. The number of amides is 1. The van der Waals surface area contributed by atoms with Gasteiger partial charge < -0.3 is 20.8 Å². The van der Waals surface area contributed by atoms with E-state index in [1.165, 1.54) is 0 Å². The van der Waals surface area contributed by atoms with E-state index in [9.17, 15) is 9.59 Å². The number of carboxylic acid groups (broad SMARTS) is 1. The van der Waals surface area contributed by atoms with E-state index in [-0.39, 0.29) is 17.2 Å². The summed E-state index contributed by atoms with van der Waals surface area (Å²) in [5.41, 5.74) is 0.0911. The summed E-state index contributed by atoms with van der Waals surface area (Å²) in [7, 11) is 0. The van der Waals surface area contributed by atoms with Crippen LogP contribution in [0.25, 0.3) is 0 Å². The van der Waals surface area contributed by atoms with Gasteiger partial charge in [0, 0.05) is 5.92 Å². The Kier molecular flexibility index (Phi) is 3.35. The fourth-order valence-corrected chi connectivity index (χ4v) is 2.65. The molecule has 2 unspecified atom stereocenters. The molecule has 1 heterocycles. The zero-order chi connectivity index (χ0) is 12.5. The molecular weight excluding hydrogens is 224 g/mol. The molecule has 0 aromatic carbocycles. The van der Waals surface area contributed by atoms with E-state index in [0.717, 1.165) is 32.4 Å². The molecule has 2 fully saturated rings. The van der Waals surface area contributed by atoms with Crippen LogP contribution in [0.2, 0.25) is 0 Å². The Labute approximate surface area is 99.4 Å². The summed E-state index contributed by atoms with van der Waals surface area (Å²) in [6, 6.07) is -1.18. The van der Waals surface area contributed by atoms with Gasteiger partial charge in [-0.05, 0) is 37.8 Å². The summed E-state index contributed by atoms with van der Waals surface area (Å²) < 4.78 is 0. The van der Waals surface area contributed by atoms with Crippen molar-refractivity contribution < 1.29 is 19.8 Å². The van der Waals surface area contributed by atoms with E-state index in [2.05, 4.69) is 10.6 Å². The van der Waals surface area contributed by atoms with Crippen LogP contribution in [0, 0.1) is 11.3 Å². The van der Waals surface area contributed by atoms with E-state index in [1.54, 1.807) is 0 Å². The molecule has 2 aliphatic rings. The monoisotopic (exact) mass is 242 g/mol. The van der Waals surface area contributed by atoms with Crippen LogP contribution in [0.4, 0.5) is 0 Å². The van der Waals surface area contributed by atoms with E-state index in [0.29, 0.717) is 0 Å². The van der Waals surface area contributed by atoms with Crippen molar-refractivity contribution in [3.63, 3.8) is 0 Å². The quantitative estimate of drug-likeness (QED) is 0.503. The van der Waals surface area contributed by atoms with Crippen LogP contribution < -0.4 is 10.6 Å². The Balaban J connectivity index is 1.88. The van der Waals surface area contributed by atoms with Gasteiger partial charge >= 0.3 is 5.97 Å². The maximum atomic E-state index is 11.8. The standard InChI is InChI=1S/C11H18N2O4/c14-6-8(10(16)17)13-9(15)7-5-11(7)1-3-12-4-2-11/h7-8,12,14H,1-6H2,(H,13,15)(H,16,17). The van der Waals surface area contributed by atoms with Gasteiger partial charge in [-0.2, -0.15) is 0 Å². The maximum absolute atomic E-state index is 11.8. The minimum Gasteiger partial charge on any atom is -0.480 e. The predicted octanol–water partition coefficient (Wildman–Crippen LogP) is -1.06. The van der Waals surface area contributed by atoms with Crippen molar-refractivity contribution in [1.29, 1.82) is 0 Å². The second-order valence-electron chi connectivity index (χ2n) is 4.95. The number of aliphatic hydroxyl groups is 1. The largest absolute Gasteiger partial charge is 0.480 e. The highest BCUT2D eigenvalue weighted by Crippen LogP contribution is 2.58. The van der Waals surface area contributed by atoms with Gasteiger partial charge in [0.15, 0.2) is 0 Å². The van der Waals surface area contributed by atoms with Crippen LogP contribution >= 0.6 is 0 Å². The maximum Gasteiger partial charge on any atom is 0.328 e. The van der Waals surface area contributed by atoms with E-state index in [1.807, 2.05) is 0 Å². The highest BCUT2D eigenvalue weighted by atomic mass is 16.4. The van der Waals surface area contributed by atoms with E-state index >= 15 is 0 Å². The number of aliphatic carboxylic acids is 1. The lowest BCUT2D eigenvalue weighted by molar-refractivity contribution is -0.143. The summed E-state index contributed by atoms with van der Waals surface area (Å²) in [6.45, 7) is 1.28. The molecule has 2 atom stereocenters. The fourth-order valence-electron chi connectivity index (χ4n) is 2.65. The van der Waals surface area contributed by atoms with Crippen LogP contribution in [-0.4, -0.2) is 47.8 Å². The molecule has 0 aromatic heterocycles. The third kappa shape index (κ3) is 2.42. The Bertz CT molecular complexity index is 325. The molecule has 1 saturated carbocycles. The minimum absolute atomic E-state index is 0.0713. The first kappa shape index (κ1) is 12.3. The molecular formula is C11H18N2O4. The summed E-state index contributed by atoms with van der Waals surface area (Å²) in [5.74, 6) is -1.49. The van der Waals surface area contributed by atoms with Crippen LogP contribution in [0.5, 0.6) is 0 Å². The Morgan fingerprint density at radius 3 is 2.59 bits per heavy atom. The lowest BCUT2D eigenvalue weighted by atomic mass is 9.91. The van der Waals surface area contributed by atoms with Crippen molar-refractivity contribution in [2.75, 3.05) is 19.7 Å². The van der Waals surface area contributed by atoms with Crippen LogP contribution in [0.1, 0.15) is 19.3 Å². The topological polar surface area (TPSA) is 98.7 Å². The summed E-state index contributed by atoms with van der Waals surface area (Å²) in [5, 5.41) is 23.2. The number of hydrogen-bond donors (Lipinski definition) is 4. The first-order valence-corrected chi connectivity index (χ1v) is 5.94. The molecule has 96 valence electrons. The highest BCUT2D eigenvalue weighted by Gasteiger charge is 2.57. The average Bonchev–Trinajstić information content (AvgIpc) is 3.00. The molecule has 1 amide bonds. The molecule has 17 heavy (non-hydrogen) atoms. The molecule has 2 rings (SSSR count). The van der Waals surface area contributed by atoms with Crippen molar-refractivity contribution in [3.05, 3.63) is 0 Å². The van der Waals surface area contributed by atoms with E-state index < -0.39 is 18.6 Å². The van der Waals surface area contributed by atoms with Gasteiger partial charge in [-0.25, -0.2) is 4.79 Å². The van der Waals surface area contributed by atoms with Crippen LogP contribution in [0.15, 0.2) is 0 Å². The van der Waals surface area contributed by atoms with Crippen molar-refractivity contribution >= 4 is 11.9 Å². The molecule has 1 spiro atoms. The molecule has 0 bridgehead atoms. The van der Waals surface area contributed by atoms with Crippen molar-refractivity contribution in [2.45, 2.75) is 25.3 Å². The number of carbonyl (C=O) groups is 2. The normalized spacial score (nSPS) is 27.5. The Morgan fingerprint density at radius 2 is 2.06 bits per heavy atom. The Morgan fingerprint density at radius 1 is 1.41 bits per heavy atom. The molecule has 1 aliphatic heterocycles. The van der Waals surface area contributed by atoms with Gasteiger partial charge in [0.1, 0.15) is 6.04 Å². The van der Waals surface area contributed by atoms with Gasteiger partial charge in [-0.3, -0.25) is 4.79 Å². The first-order valence-electron chi connectivity index (χ1n) is 5.94. The number of piperidine rings is 1. The molecule has 1 aliphatic carbocycles. The van der Waals surface area contributed by atoms with Crippen LogP contribution in [-0.2, 0) is 9.59 Å². The molecule has 6 heteroatoms. The highest BCUT2D eigenvalue weighted by molar-refractivity contribution is 5.87. The van der Waals surface area contributed by atoms with Crippen molar-refractivity contribution in [2.24, 2.45) is 11.3 Å². The van der Waals surface area contributed by atoms with Crippen molar-refractivity contribution in [1.82, 2.24) is 10.6 Å². The second-order valence-corrected chi connectivity index (χ2v) is 4.95. The zero-order valence-corrected chi connectivity index (χ0v) is 9.61. The molecule has 6 nitrogen and oxygen atoms in total. The van der Waals surface area contributed by atoms with E-state index in [4.69, 9.17) is 10.2 Å². The van der Waals surface area contributed by atoms with Gasteiger partial charge in [0.05, 0.1) is 6.61 Å². The zero-order valence-electron chi connectivity index (χ0n) is 9.61. The number of rotatable bonds is 4. The second kappa shape index (κ2) is 4.62. The smallest absolute Gasteiger partial charge is 0.328 e. The number of nitrogens with one attached hydrogen (secondary N) is 2. The molecule has 0 aromatic rings. The molecule has 0 radical (unpaired) electrons. The molecule has 4 N–H and O–H groups in total. The SMILES string of the molecule is O=C(O)C(CO)NC(=O)C1CC12CCNCC2. The third-order valence-corrected chi connectivity index (χ3v) is 3.90. The van der Waals surface area contributed by atoms with Gasteiger partial charge in [0.25, 0.3) is 0 Å². The number of carbonyl (C=O) groups excluding carboxylic acids is 1. The number of aliphatic hydroxyl groups excluding tert-OH is 1.